The number of carbonyl (C=O) groups excluding carboxylic acids is 1. The lowest BCUT2D eigenvalue weighted by molar-refractivity contribution is 0.0688. The zero-order chi connectivity index (χ0) is 20.4. The molecule has 4 rings (SSSR count). The number of nitrogens with zero attached hydrogens (tertiary/aromatic N) is 3. The number of likely N-dealkylation sites (tertiary alicyclic amines) is 1. The minimum atomic E-state index is 0.0131. The van der Waals surface area contributed by atoms with Gasteiger partial charge in [0.25, 0.3) is 5.91 Å². The van der Waals surface area contributed by atoms with Crippen molar-refractivity contribution in [3.05, 3.63) is 65.3 Å². The zero-order valence-electron chi connectivity index (χ0n) is 16.6. The molecule has 1 amide bonds. The Morgan fingerprint density at radius 2 is 1.72 bits per heavy atom. The first-order chi connectivity index (χ1) is 14.0. The van der Waals surface area contributed by atoms with Crippen LogP contribution in [0.25, 0.3) is 16.9 Å². The summed E-state index contributed by atoms with van der Waals surface area (Å²) in [4.78, 5) is 15.3. The van der Waals surface area contributed by atoms with E-state index in [1.807, 2.05) is 59.5 Å². The summed E-state index contributed by atoms with van der Waals surface area (Å²) in [5.41, 5.74) is 3.05. The van der Waals surface area contributed by atoms with Crippen molar-refractivity contribution in [2.75, 3.05) is 20.2 Å². The summed E-state index contributed by atoms with van der Waals surface area (Å²) in [5.74, 6) is 1.46. The van der Waals surface area contributed by atoms with Crippen LogP contribution in [0.4, 0.5) is 0 Å². The van der Waals surface area contributed by atoms with Crippen molar-refractivity contribution in [1.82, 2.24) is 14.7 Å². The predicted molar refractivity (Wildman–Crippen MR) is 115 cm³/mol. The van der Waals surface area contributed by atoms with Gasteiger partial charge in [-0.15, -0.1) is 0 Å². The molecule has 0 saturated carbocycles. The van der Waals surface area contributed by atoms with Crippen LogP contribution in [0.1, 0.15) is 30.3 Å². The van der Waals surface area contributed by atoms with Crippen LogP contribution in [0.5, 0.6) is 5.75 Å². The Balaban J connectivity index is 1.74. The number of benzene rings is 2. The van der Waals surface area contributed by atoms with Gasteiger partial charge in [0, 0.05) is 23.7 Å². The van der Waals surface area contributed by atoms with E-state index >= 15 is 0 Å². The van der Waals surface area contributed by atoms with E-state index in [1.54, 1.807) is 11.8 Å². The Kier molecular flexibility index (Phi) is 5.58. The fourth-order valence-corrected chi connectivity index (χ4v) is 3.72. The predicted octanol–water partition coefficient (Wildman–Crippen LogP) is 5.07. The van der Waals surface area contributed by atoms with Crippen LogP contribution in [0.15, 0.2) is 54.6 Å². The average Bonchev–Trinajstić information content (AvgIpc) is 3.20. The number of amides is 1. The molecule has 1 fully saturated rings. The van der Waals surface area contributed by atoms with Crippen molar-refractivity contribution in [2.24, 2.45) is 5.92 Å². The summed E-state index contributed by atoms with van der Waals surface area (Å²) in [6.07, 6.45) is 2.07. The molecule has 3 aromatic rings. The number of halogens is 1. The maximum Gasteiger partial charge on any atom is 0.272 e. The highest BCUT2D eigenvalue weighted by atomic mass is 35.5. The molecule has 1 aliphatic heterocycles. The third-order valence-corrected chi connectivity index (χ3v) is 5.71. The third kappa shape index (κ3) is 4.15. The van der Waals surface area contributed by atoms with Crippen LogP contribution in [0, 0.1) is 5.92 Å². The minimum Gasteiger partial charge on any atom is -0.497 e. The molecule has 2 aromatic carbocycles. The average molecular weight is 410 g/mol. The quantitative estimate of drug-likeness (QED) is 0.604. The molecular formula is C23H24ClN3O2. The Morgan fingerprint density at radius 3 is 2.34 bits per heavy atom. The van der Waals surface area contributed by atoms with Crippen LogP contribution in [0.3, 0.4) is 0 Å². The molecule has 0 atom stereocenters. The second-order valence-corrected chi connectivity index (χ2v) is 7.94. The molecule has 5 nitrogen and oxygen atoms in total. The molecule has 0 spiro atoms. The normalized spacial score (nSPS) is 14.8. The number of hydrogen-bond acceptors (Lipinski definition) is 3. The molecule has 6 heteroatoms. The number of carbonyl (C=O) groups is 1. The van der Waals surface area contributed by atoms with Crippen molar-refractivity contribution in [2.45, 2.75) is 19.8 Å². The molecule has 29 heavy (non-hydrogen) atoms. The first-order valence-electron chi connectivity index (χ1n) is 9.85. The van der Waals surface area contributed by atoms with Gasteiger partial charge >= 0.3 is 0 Å². The number of rotatable bonds is 4. The molecular weight excluding hydrogens is 386 g/mol. The highest BCUT2D eigenvalue weighted by molar-refractivity contribution is 6.30. The summed E-state index contributed by atoms with van der Waals surface area (Å²) >= 11 is 6.05. The fourth-order valence-electron chi connectivity index (χ4n) is 3.59. The lowest BCUT2D eigenvalue weighted by atomic mass is 9.99. The number of piperidine rings is 1. The molecule has 0 radical (unpaired) electrons. The Bertz CT molecular complexity index is 988. The Labute approximate surface area is 175 Å². The molecule has 0 aliphatic carbocycles. The topological polar surface area (TPSA) is 47.4 Å². The van der Waals surface area contributed by atoms with Gasteiger partial charge in [-0.3, -0.25) is 4.79 Å². The van der Waals surface area contributed by atoms with E-state index in [1.165, 1.54) is 0 Å². The first-order valence-corrected chi connectivity index (χ1v) is 10.2. The van der Waals surface area contributed by atoms with Crippen molar-refractivity contribution >= 4 is 17.5 Å². The monoisotopic (exact) mass is 409 g/mol. The SMILES string of the molecule is COc1ccc(-c2cc(C(=O)N3CCC(C)CC3)n(-c3ccc(Cl)cc3)n2)cc1. The van der Waals surface area contributed by atoms with Gasteiger partial charge in [0.1, 0.15) is 11.4 Å². The van der Waals surface area contributed by atoms with Gasteiger partial charge in [0.2, 0.25) is 0 Å². The highest BCUT2D eigenvalue weighted by Crippen LogP contribution is 2.26. The largest absolute Gasteiger partial charge is 0.497 e. The van der Waals surface area contributed by atoms with E-state index in [2.05, 4.69) is 6.92 Å². The lowest BCUT2D eigenvalue weighted by Gasteiger charge is -2.30. The molecule has 0 bridgehead atoms. The molecule has 0 N–H and O–H groups in total. The molecule has 150 valence electrons. The molecule has 2 heterocycles. The van der Waals surface area contributed by atoms with Gasteiger partial charge in [0.05, 0.1) is 18.5 Å². The second kappa shape index (κ2) is 8.29. The van der Waals surface area contributed by atoms with Gasteiger partial charge in [-0.1, -0.05) is 18.5 Å². The molecule has 1 aliphatic rings. The van der Waals surface area contributed by atoms with E-state index in [0.717, 1.165) is 48.6 Å². The van der Waals surface area contributed by atoms with Crippen molar-refractivity contribution in [3.8, 4) is 22.7 Å². The Hall–Kier alpha value is -2.79. The Morgan fingerprint density at radius 1 is 1.07 bits per heavy atom. The van der Waals surface area contributed by atoms with E-state index in [-0.39, 0.29) is 5.91 Å². The number of aromatic nitrogens is 2. The van der Waals surface area contributed by atoms with Crippen molar-refractivity contribution < 1.29 is 9.53 Å². The molecule has 1 saturated heterocycles. The summed E-state index contributed by atoms with van der Waals surface area (Å²) in [5, 5.41) is 5.40. The maximum atomic E-state index is 13.3. The fraction of sp³-hybridized carbons (Fsp3) is 0.304. The molecule has 0 unspecified atom stereocenters. The van der Waals surface area contributed by atoms with Gasteiger partial charge in [-0.25, -0.2) is 4.68 Å². The van der Waals surface area contributed by atoms with Crippen LogP contribution in [0.2, 0.25) is 5.02 Å². The van der Waals surface area contributed by atoms with E-state index in [0.29, 0.717) is 16.6 Å². The summed E-state index contributed by atoms with van der Waals surface area (Å²) in [7, 11) is 1.64. The summed E-state index contributed by atoms with van der Waals surface area (Å²) in [6, 6.07) is 16.9. The van der Waals surface area contributed by atoms with Crippen LogP contribution < -0.4 is 4.74 Å². The number of ether oxygens (including phenoxy) is 1. The van der Waals surface area contributed by atoms with Gasteiger partial charge in [0.15, 0.2) is 0 Å². The summed E-state index contributed by atoms with van der Waals surface area (Å²) < 4.78 is 6.96. The van der Waals surface area contributed by atoms with Crippen LogP contribution in [-0.2, 0) is 0 Å². The maximum absolute atomic E-state index is 13.3. The smallest absolute Gasteiger partial charge is 0.272 e. The number of hydrogen-bond donors (Lipinski definition) is 0. The zero-order valence-corrected chi connectivity index (χ0v) is 17.4. The van der Waals surface area contributed by atoms with E-state index in [4.69, 9.17) is 21.4 Å². The van der Waals surface area contributed by atoms with Crippen molar-refractivity contribution in [1.29, 1.82) is 0 Å². The first kappa shape index (κ1) is 19.5. The van der Waals surface area contributed by atoms with E-state index < -0.39 is 0 Å². The van der Waals surface area contributed by atoms with Crippen LogP contribution >= 0.6 is 11.6 Å². The lowest BCUT2D eigenvalue weighted by Crippen LogP contribution is -2.38. The summed E-state index contributed by atoms with van der Waals surface area (Å²) in [6.45, 7) is 3.80. The third-order valence-electron chi connectivity index (χ3n) is 5.46. The van der Waals surface area contributed by atoms with E-state index in [9.17, 15) is 4.79 Å². The van der Waals surface area contributed by atoms with Crippen molar-refractivity contribution in [3.63, 3.8) is 0 Å². The van der Waals surface area contributed by atoms with Gasteiger partial charge in [-0.05, 0) is 73.4 Å². The number of methoxy groups -OCH3 is 1. The molecule has 1 aromatic heterocycles. The minimum absolute atomic E-state index is 0.0131. The highest BCUT2D eigenvalue weighted by Gasteiger charge is 2.25. The van der Waals surface area contributed by atoms with Crippen LogP contribution in [-0.4, -0.2) is 40.8 Å². The van der Waals surface area contributed by atoms with Gasteiger partial charge < -0.3 is 9.64 Å². The second-order valence-electron chi connectivity index (χ2n) is 7.51. The van der Waals surface area contributed by atoms with Gasteiger partial charge in [-0.2, -0.15) is 5.10 Å². The standard InChI is InChI=1S/C23H24ClN3O2/c1-16-11-13-26(14-12-16)23(28)22-15-21(17-3-9-20(29-2)10-4-17)25-27(22)19-7-5-18(24)6-8-19/h3-10,15-16H,11-14H2,1-2H3.